The summed E-state index contributed by atoms with van der Waals surface area (Å²) in [5.41, 5.74) is 2.32. The van der Waals surface area contributed by atoms with Crippen LogP contribution < -0.4 is 10.1 Å². The summed E-state index contributed by atoms with van der Waals surface area (Å²) in [4.78, 5) is 0. The molecule has 1 aromatic heterocycles. The highest BCUT2D eigenvalue weighted by molar-refractivity contribution is 7.99. The molecule has 0 radical (unpaired) electrons. The molecule has 0 aliphatic rings. The van der Waals surface area contributed by atoms with Crippen molar-refractivity contribution in [2.24, 2.45) is 0 Å². The monoisotopic (exact) mass is 533 g/mol. The molecule has 0 amide bonds. The molecule has 5 rings (SSSR count). The number of fused-ring (bicyclic) bond motifs is 1. The lowest BCUT2D eigenvalue weighted by molar-refractivity contribution is 0.296. The molecule has 4 aromatic carbocycles. The van der Waals surface area contributed by atoms with Crippen LogP contribution in [0.1, 0.15) is 17.5 Å². The van der Waals surface area contributed by atoms with Crippen LogP contribution in [-0.4, -0.2) is 32.5 Å². The average Bonchev–Trinajstić information content (AvgIpc) is 3.40. The molecule has 5 aromatic rings. The molecular weight excluding hydrogens is 509 g/mol. The van der Waals surface area contributed by atoms with E-state index in [1.165, 1.54) is 6.07 Å². The number of thioether (sulfide) groups is 1. The summed E-state index contributed by atoms with van der Waals surface area (Å²) in [7, 11) is 0. The zero-order valence-electron chi connectivity index (χ0n) is 20.0. The minimum atomic E-state index is -0.372. The van der Waals surface area contributed by atoms with Crippen LogP contribution in [0.5, 0.6) is 5.75 Å². The predicted octanol–water partition coefficient (Wildman–Crippen LogP) is 6.46. The summed E-state index contributed by atoms with van der Waals surface area (Å²) in [6.45, 7) is 1.49. The average molecular weight is 534 g/mol. The standard InChI is InChI=1S/C28H25ClFN5OS/c29-25-12-6-13-26(30)24(25)19-36-27-15-14-20-8-4-5-11-22(20)23(27)18-31-16-7-17-37-28-32-33-34-35(28)21-9-2-1-3-10-21/h1-6,8-15,31H,7,16-19H2. The second-order valence-corrected chi connectivity index (χ2v) is 9.81. The first-order valence-electron chi connectivity index (χ1n) is 11.9. The van der Waals surface area contributed by atoms with Crippen LogP contribution in [0.25, 0.3) is 16.5 Å². The number of halogens is 2. The molecule has 9 heteroatoms. The van der Waals surface area contributed by atoms with Gasteiger partial charge in [-0.25, -0.2) is 4.39 Å². The number of aromatic nitrogens is 4. The summed E-state index contributed by atoms with van der Waals surface area (Å²) < 4.78 is 22.1. The number of hydrogen-bond acceptors (Lipinski definition) is 6. The molecular formula is C28H25ClFN5OS. The maximum absolute atomic E-state index is 14.3. The molecule has 0 saturated carbocycles. The highest BCUT2D eigenvalue weighted by atomic mass is 35.5. The number of benzene rings is 4. The quantitative estimate of drug-likeness (QED) is 0.155. The van der Waals surface area contributed by atoms with E-state index in [2.05, 4.69) is 33.0 Å². The Labute approximate surface area is 223 Å². The van der Waals surface area contributed by atoms with Crippen molar-refractivity contribution >= 4 is 34.1 Å². The van der Waals surface area contributed by atoms with Gasteiger partial charge in [0.2, 0.25) is 5.16 Å². The van der Waals surface area contributed by atoms with Crippen molar-refractivity contribution in [1.82, 2.24) is 25.5 Å². The number of tetrazole rings is 1. The van der Waals surface area contributed by atoms with Gasteiger partial charge in [-0.1, -0.05) is 78.0 Å². The minimum Gasteiger partial charge on any atom is -0.488 e. The molecule has 1 N–H and O–H groups in total. The molecule has 0 saturated heterocycles. The van der Waals surface area contributed by atoms with Crippen LogP contribution in [0, 0.1) is 5.82 Å². The van der Waals surface area contributed by atoms with Crippen LogP contribution in [0.3, 0.4) is 0 Å². The molecule has 1 heterocycles. The lowest BCUT2D eigenvalue weighted by Gasteiger charge is -2.16. The Morgan fingerprint density at radius 2 is 1.76 bits per heavy atom. The Hall–Kier alpha value is -3.46. The van der Waals surface area contributed by atoms with Crippen molar-refractivity contribution in [3.8, 4) is 11.4 Å². The van der Waals surface area contributed by atoms with E-state index >= 15 is 0 Å². The highest BCUT2D eigenvalue weighted by Crippen LogP contribution is 2.30. The molecule has 0 fully saturated rings. The number of nitrogens with one attached hydrogen (secondary N) is 1. The van der Waals surface area contributed by atoms with Crippen molar-refractivity contribution in [1.29, 1.82) is 0 Å². The highest BCUT2D eigenvalue weighted by Gasteiger charge is 2.13. The Bertz CT molecular complexity index is 1460. The van der Waals surface area contributed by atoms with E-state index in [1.807, 2.05) is 54.6 Å². The smallest absolute Gasteiger partial charge is 0.214 e. The lowest BCUT2D eigenvalue weighted by atomic mass is 10.0. The fourth-order valence-corrected chi connectivity index (χ4v) is 5.08. The number of ether oxygens (including phenoxy) is 1. The molecule has 37 heavy (non-hydrogen) atoms. The van der Waals surface area contributed by atoms with E-state index in [-0.39, 0.29) is 12.4 Å². The van der Waals surface area contributed by atoms with Gasteiger partial charge in [-0.05, 0) is 64.5 Å². The summed E-state index contributed by atoms with van der Waals surface area (Å²) in [5, 5.41) is 19.0. The number of para-hydroxylation sites is 1. The van der Waals surface area contributed by atoms with Gasteiger partial charge >= 0.3 is 0 Å². The molecule has 0 spiro atoms. The van der Waals surface area contributed by atoms with Gasteiger partial charge in [0.25, 0.3) is 0 Å². The third kappa shape index (κ3) is 6.10. The number of nitrogens with zero attached hydrogens (tertiary/aromatic N) is 4. The molecule has 6 nitrogen and oxygen atoms in total. The van der Waals surface area contributed by atoms with Crippen molar-refractivity contribution in [3.05, 3.63) is 107 Å². The molecule has 0 bridgehead atoms. The largest absolute Gasteiger partial charge is 0.488 e. The van der Waals surface area contributed by atoms with E-state index < -0.39 is 0 Å². The lowest BCUT2D eigenvalue weighted by Crippen LogP contribution is -2.16. The second-order valence-electron chi connectivity index (χ2n) is 8.34. The first-order valence-corrected chi connectivity index (χ1v) is 13.3. The topological polar surface area (TPSA) is 64.9 Å². The Balaban J connectivity index is 1.20. The predicted molar refractivity (Wildman–Crippen MR) is 146 cm³/mol. The Morgan fingerprint density at radius 3 is 2.62 bits per heavy atom. The van der Waals surface area contributed by atoms with E-state index in [0.29, 0.717) is 22.9 Å². The summed E-state index contributed by atoms with van der Waals surface area (Å²) in [5.74, 6) is 1.20. The maximum Gasteiger partial charge on any atom is 0.214 e. The normalized spacial score (nSPS) is 11.2. The van der Waals surface area contributed by atoms with Crippen LogP contribution >= 0.6 is 23.4 Å². The van der Waals surface area contributed by atoms with Gasteiger partial charge in [0.1, 0.15) is 18.2 Å². The van der Waals surface area contributed by atoms with Crippen molar-refractivity contribution in [2.45, 2.75) is 24.7 Å². The summed E-state index contributed by atoms with van der Waals surface area (Å²) in [6.07, 6.45) is 0.929. The van der Waals surface area contributed by atoms with Crippen LogP contribution in [0.2, 0.25) is 5.02 Å². The van der Waals surface area contributed by atoms with Gasteiger partial charge in [0.05, 0.1) is 10.7 Å². The third-order valence-electron chi connectivity index (χ3n) is 5.90. The molecule has 188 valence electrons. The maximum atomic E-state index is 14.3. The Morgan fingerprint density at radius 1 is 0.919 bits per heavy atom. The van der Waals surface area contributed by atoms with Gasteiger partial charge < -0.3 is 10.1 Å². The first kappa shape index (κ1) is 25.2. The van der Waals surface area contributed by atoms with Gasteiger partial charge in [-0.2, -0.15) is 4.68 Å². The van der Waals surface area contributed by atoms with Crippen molar-refractivity contribution < 1.29 is 9.13 Å². The van der Waals surface area contributed by atoms with Gasteiger partial charge in [0, 0.05) is 23.4 Å². The van der Waals surface area contributed by atoms with Crippen LogP contribution in [-0.2, 0) is 13.2 Å². The van der Waals surface area contributed by atoms with Crippen molar-refractivity contribution in [2.75, 3.05) is 12.3 Å². The molecule has 0 aliphatic carbocycles. The molecule has 0 aliphatic heterocycles. The fraction of sp³-hybridized carbons (Fsp3) is 0.179. The van der Waals surface area contributed by atoms with E-state index in [0.717, 1.165) is 45.9 Å². The summed E-state index contributed by atoms with van der Waals surface area (Å²) >= 11 is 7.82. The van der Waals surface area contributed by atoms with Gasteiger partial charge in [0.15, 0.2) is 0 Å². The van der Waals surface area contributed by atoms with E-state index in [9.17, 15) is 4.39 Å². The minimum absolute atomic E-state index is 0.0591. The Kier molecular flexibility index (Phi) is 8.30. The SMILES string of the molecule is Fc1cccc(Cl)c1COc1ccc2ccccc2c1CNCCCSc1nnnn1-c1ccccc1. The van der Waals surface area contributed by atoms with Crippen LogP contribution in [0.15, 0.2) is 90.1 Å². The first-order chi connectivity index (χ1) is 18.2. The zero-order chi connectivity index (χ0) is 25.5. The number of rotatable bonds is 11. The summed E-state index contributed by atoms with van der Waals surface area (Å²) in [6, 6.07) is 26.6. The van der Waals surface area contributed by atoms with E-state index in [1.54, 1.807) is 28.6 Å². The van der Waals surface area contributed by atoms with Gasteiger partial charge in [-0.3, -0.25) is 0 Å². The van der Waals surface area contributed by atoms with Crippen LogP contribution in [0.4, 0.5) is 4.39 Å². The second kappa shape index (κ2) is 12.2. The fourth-order valence-electron chi connectivity index (χ4n) is 4.03. The molecule has 0 unspecified atom stereocenters. The third-order valence-corrected chi connectivity index (χ3v) is 7.26. The van der Waals surface area contributed by atoms with E-state index in [4.69, 9.17) is 16.3 Å². The van der Waals surface area contributed by atoms with Gasteiger partial charge in [-0.15, -0.1) is 5.10 Å². The molecule has 0 atom stereocenters. The zero-order valence-corrected chi connectivity index (χ0v) is 21.6. The number of hydrogen-bond donors (Lipinski definition) is 1. The van der Waals surface area contributed by atoms with Crippen molar-refractivity contribution in [3.63, 3.8) is 0 Å².